The first-order valence-electron chi connectivity index (χ1n) is 8.56. The van der Waals surface area contributed by atoms with Gasteiger partial charge in [0.05, 0.1) is 11.9 Å². The number of rotatable bonds is 3. The maximum absolute atomic E-state index is 12.9. The van der Waals surface area contributed by atoms with Crippen LogP contribution in [0.5, 0.6) is 0 Å². The minimum atomic E-state index is -0.717. The minimum Gasteiger partial charge on any atom is -0.310 e. The van der Waals surface area contributed by atoms with Gasteiger partial charge in [0, 0.05) is 17.8 Å². The van der Waals surface area contributed by atoms with Gasteiger partial charge in [-0.05, 0) is 25.0 Å². The van der Waals surface area contributed by atoms with Crippen molar-refractivity contribution >= 4 is 11.6 Å². The van der Waals surface area contributed by atoms with E-state index in [1.807, 2.05) is 54.6 Å². The van der Waals surface area contributed by atoms with Crippen LogP contribution < -0.4 is 10.6 Å². The van der Waals surface area contributed by atoms with Gasteiger partial charge in [-0.1, -0.05) is 48.5 Å². The Labute approximate surface area is 150 Å². The quantitative estimate of drug-likeness (QED) is 0.730. The molecule has 6 nitrogen and oxygen atoms in total. The topological polar surface area (TPSA) is 68.1 Å². The lowest BCUT2D eigenvalue weighted by Gasteiger charge is -2.22. The van der Waals surface area contributed by atoms with Crippen molar-refractivity contribution in [2.75, 3.05) is 11.4 Å². The van der Waals surface area contributed by atoms with Gasteiger partial charge in [-0.2, -0.15) is 10.1 Å². The Hall–Kier alpha value is -3.28. The number of carbonyl (C=O) groups is 1. The van der Waals surface area contributed by atoms with Crippen molar-refractivity contribution in [2.45, 2.75) is 19.4 Å². The van der Waals surface area contributed by atoms with Crippen molar-refractivity contribution in [2.24, 2.45) is 0 Å². The van der Waals surface area contributed by atoms with Gasteiger partial charge in [0.2, 0.25) is 0 Å². The highest BCUT2D eigenvalue weighted by Gasteiger charge is 2.29. The van der Waals surface area contributed by atoms with E-state index in [9.17, 15) is 9.59 Å². The predicted octanol–water partition coefficient (Wildman–Crippen LogP) is 2.46. The van der Waals surface area contributed by atoms with E-state index >= 15 is 0 Å². The number of carbonyl (C=O) groups excluding carboxylic acids is 1. The molecule has 1 atom stereocenters. The third-order valence-corrected chi connectivity index (χ3v) is 4.66. The molecule has 1 amide bonds. The fraction of sp³-hybridized carbons (Fsp3) is 0.200. The Balaban J connectivity index is 1.62. The molecular weight excluding hydrogens is 328 g/mol. The molecule has 0 N–H and O–H groups in total. The second-order valence-electron chi connectivity index (χ2n) is 6.28. The largest absolute Gasteiger partial charge is 0.365 e. The van der Waals surface area contributed by atoms with Crippen LogP contribution in [0.3, 0.4) is 0 Å². The number of hydrogen-bond acceptors (Lipinski definition) is 4. The lowest BCUT2D eigenvalue weighted by Crippen LogP contribution is -2.40. The molecule has 130 valence electrons. The number of amides is 1. The molecule has 1 aliphatic rings. The smallest absolute Gasteiger partial charge is 0.310 e. The van der Waals surface area contributed by atoms with Crippen LogP contribution in [-0.2, 0) is 11.2 Å². The molecule has 0 aliphatic carbocycles. The van der Waals surface area contributed by atoms with Crippen molar-refractivity contribution in [3.05, 3.63) is 76.8 Å². The van der Waals surface area contributed by atoms with Gasteiger partial charge in [-0.25, -0.2) is 9.48 Å². The molecule has 26 heavy (non-hydrogen) atoms. The summed E-state index contributed by atoms with van der Waals surface area (Å²) >= 11 is 0. The van der Waals surface area contributed by atoms with Crippen molar-refractivity contribution in [1.29, 1.82) is 0 Å². The maximum atomic E-state index is 12.9. The molecule has 0 spiro atoms. The monoisotopic (exact) mass is 346 g/mol. The summed E-state index contributed by atoms with van der Waals surface area (Å²) in [7, 11) is 0. The minimum absolute atomic E-state index is 0.154. The summed E-state index contributed by atoms with van der Waals surface area (Å²) in [4.78, 5) is 31.2. The predicted molar refractivity (Wildman–Crippen MR) is 98.9 cm³/mol. The Morgan fingerprint density at radius 1 is 1.08 bits per heavy atom. The second kappa shape index (κ2) is 6.55. The van der Waals surface area contributed by atoms with Crippen molar-refractivity contribution in [3.8, 4) is 11.3 Å². The van der Waals surface area contributed by atoms with Crippen LogP contribution in [-0.4, -0.2) is 27.2 Å². The molecule has 0 bridgehead atoms. The lowest BCUT2D eigenvalue weighted by atomic mass is 10.2. The first-order valence-corrected chi connectivity index (χ1v) is 8.56. The van der Waals surface area contributed by atoms with Crippen LogP contribution in [0.2, 0.25) is 0 Å². The summed E-state index contributed by atoms with van der Waals surface area (Å²) in [5, 5.41) is 4.20. The van der Waals surface area contributed by atoms with E-state index in [2.05, 4.69) is 10.1 Å². The van der Waals surface area contributed by atoms with Gasteiger partial charge >= 0.3 is 5.69 Å². The van der Waals surface area contributed by atoms with Crippen LogP contribution in [0, 0.1) is 0 Å². The van der Waals surface area contributed by atoms with Gasteiger partial charge in [-0.3, -0.25) is 4.79 Å². The zero-order valence-corrected chi connectivity index (χ0v) is 14.4. The summed E-state index contributed by atoms with van der Waals surface area (Å²) in [5.74, 6) is -0.154. The van der Waals surface area contributed by atoms with E-state index in [1.54, 1.807) is 11.8 Å². The first-order chi connectivity index (χ1) is 12.6. The average molecular weight is 346 g/mol. The molecule has 0 fully saturated rings. The summed E-state index contributed by atoms with van der Waals surface area (Å²) < 4.78 is 1.15. The SMILES string of the molecule is CC(C(=O)N1CCc2ccccc21)n1ncc(-c2ccccc2)nc1=O. The van der Waals surface area contributed by atoms with Gasteiger partial charge in [0.25, 0.3) is 5.91 Å². The summed E-state index contributed by atoms with van der Waals surface area (Å²) in [6, 6.07) is 16.5. The van der Waals surface area contributed by atoms with Gasteiger partial charge in [-0.15, -0.1) is 0 Å². The highest BCUT2D eigenvalue weighted by molar-refractivity contribution is 5.97. The van der Waals surface area contributed by atoms with Crippen LogP contribution in [0.15, 0.2) is 65.6 Å². The second-order valence-corrected chi connectivity index (χ2v) is 6.28. The molecule has 1 aromatic heterocycles. The van der Waals surface area contributed by atoms with Crippen LogP contribution in [0.25, 0.3) is 11.3 Å². The molecule has 0 saturated heterocycles. The van der Waals surface area contributed by atoms with E-state index in [-0.39, 0.29) is 5.91 Å². The molecule has 1 aliphatic heterocycles. The van der Waals surface area contributed by atoms with E-state index in [0.717, 1.165) is 27.9 Å². The fourth-order valence-corrected chi connectivity index (χ4v) is 3.26. The molecule has 6 heteroatoms. The molecule has 3 aromatic rings. The lowest BCUT2D eigenvalue weighted by molar-refractivity contribution is -0.121. The summed E-state index contributed by atoms with van der Waals surface area (Å²) in [6.07, 6.45) is 2.35. The van der Waals surface area contributed by atoms with E-state index in [1.165, 1.54) is 6.20 Å². The van der Waals surface area contributed by atoms with Gasteiger partial charge in [0.15, 0.2) is 0 Å². The number of benzene rings is 2. The molecule has 0 saturated carbocycles. The van der Waals surface area contributed by atoms with Crippen molar-refractivity contribution in [1.82, 2.24) is 14.8 Å². The zero-order valence-electron chi connectivity index (χ0n) is 14.4. The van der Waals surface area contributed by atoms with E-state index in [4.69, 9.17) is 0 Å². The number of fused-ring (bicyclic) bond motifs is 1. The number of nitrogens with zero attached hydrogens (tertiary/aromatic N) is 4. The number of hydrogen-bond donors (Lipinski definition) is 0. The molecule has 2 heterocycles. The fourth-order valence-electron chi connectivity index (χ4n) is 3.26. The number of aromatic nitrogens is 3. The third kappa shape index (κ3) is 2.79. The first kappa shape index (κ1) is 16.2. The van der Waals surface area contributed by atoms with E-state index < -0.39 is 11.7 Å². The van der Waals surface area contributed by atoms with Crippen LogP contribution in [0.1, 0.15) is 18.5 Å². The van der Waals surface area contributed by atoms with Crippen molar-refractivity contribution in [3.63, 3.8) is 0 Å². The van der Waals surface area contributed by atoms with Crippen LogP contribution >= 0.6 is 0 Å². The van der Waals surface area contributed by atoms with Crippen LogP contribution in [0.4, 0.5) is 5.69 Å². The molecule has 2 aromatic carbocycles. The Morgan fingerprint density at radius 2 is 1.81 bits per heavy atom. The maximum Gasteiger partial charge on any atom is 0.365 e. The Kier molecular flexibility index (Phi) is 4.08. The molecule has 1 unspecified atom stereocenters. The molecule has 4 rings (SSSR count). The Bertz CT molecular complexity index is 1010. The average Bonchev–Trinajstić information content (AvgIpc) is 3.11. The summed E-state index contributed by atoms with van der Waals surface area (Å²) in [5.41, 5.74) is 2.84. The Morgan fingerprint density at radius 3 is 2.58 bits per heavy atom. The van der Waals surface area contributed by atoms with Gasteiger partial charge in [0.1, 0.15) is 6.04 Å². The van der Waals surface area contributed by atoms with Crippen molar-refractivity contribution < 1.29 is 4.79 Å². The highest BCUT2D eigenvalue weighted by atomic mass is 16.2. The third-order valence-electron chi connectivity index (χ3n) is 4.66. The summed E-state index contributed by atoms with van der Waals surface area (Å²) in [6.45, 7) is 2.30. The molecule has 0 radical (unpaired) electrons. The normalized spacial score (nSPS) is 14.1. The van der Waals surface area contributed by atoms with E-state index in [0.29, 0.717) is 12.2 Å². The highest BCUT2D eigenvalue weighted by Crippen LogP contribution is 2.29. The molecular formula is C20H18N4O2. The zero-order chi connectivity index (χ0) is 18.1. The van der Waals surface area contributed by atoms with Gasteiger partial charge < -0.3 is 4.90 Å². The standard InChI is InChI=1S/C20H18N4O2/c1-14(19(25)23-12-11-16-9-5-6-10-18(16)23)24-20(26)22-17(13-21-24)15-7-3-2-4-8-15/h2-10,13-14H,11-12H2,1H3. The number of para-hydroxylation sites is 1. The number of anilines is 1.